The number of aryl methyl sites for hydroxylation is 1. The number of fused-ring (bicyclic) bond motifs is 5. The molecule has 1 aliphatic carbocycles. The number of benzene rings is 1. The molecule has 4 aromatic rings. The van der Waals surface area contributed by atoms with E-state index in [1.165, 1.54) is 52.5 Å². The van der Waals surface area contributed by atoms with Crippen LogP contribution in [0.2, 0.25) is 0 Å². The van der Waals surface area contributed by atoms with Crippen molar-refractivity contribution in [3.8, 4) is 11.3 Å². The molecule has 0 unspecified atom stereocenters. The molecule has 0 saturated heterocycles. The van der Waals surface area contributed by atoms with Crippen molar-refractivity contribution in [3.63, 3.8) is 0 Å². The van der Waals surface area contributed by atoms with Crippen molar-refractivity contribution in [3.05, 3.63) is 47.8 Å². The second kappa shape index (κ2) is 7.71. The largest absolute Gasteiger partial charge is 0.358 e. The number of thiophene rings is 1. The van der Waals surface area contributed by atoms with E-state index in [0.717, 1.165) is 41.2 Å². The molecule has 0 radical (unpaired) electrons. The summed E-state index contributed by atoms with van der Waals surface area (Å²) in [5, 5.41) is 1.27. The third-order valence-electron chi connectivity index (χ3n) is 5.96. The van der Waals surface area contributed by atoms with Crippen LogP contribution in [0.15, 0.2) is 36.7 Å². The smallest absolute Gasteiger partial charge is 0.149 e. The molecule has 0 bridgehead atoms. The molecule has 3 heterocycles. The van der Waals surface area contributed by atoms with Crippen LogP contribution in [0.3, 0.4) is 0 Å². The van der Waals surface area contributed by atoms with E-state index in [2.05, 4.69) is 54.2 Å². The number of hydrogen-bond acceptors (Lipinski definition) is 5. The number of unbranched alkanes of at least 4 members (excludes halogenated alkanes) is 1. The fourth-order valence-electron chi connectivity index (χ4n) is 4.46. The highest BCUT2D eigenvalue weighted by Crippen LogP contribution is 2.43. The zero-order chi connectivity index (χ0) is 19.8. The summed E-state index contributed by atoms with van der Waals surface area (Å²) in [7, 11) is 2.14. The van der Waals surface area contributed by atoms with Crippen LogP contribution in [-0.2, 0) is 12.8 Å². The van der Waals surface area contributed by atoms with Crippen LogP contribution >= 0.6 is 11.3 Å². The number of rotatable bonds is 5. The van der Waals surface area contributed by atoms with E-state index in [1.807, 2.05) is 0 Å². The third kappa shape index (κ3) is 3.18. The Morgan fingerprint density at radius 2 is 1.83 bits per heavy atom. The van der Waals surface area contributed by atoms with Gasteiger partial charge >= 0.3 is 0 Å². The van der Waals surface area contributed by atoms with Gasteiger partial charge in [0.15, 0.2) is 0 Å². The molecule has 3 aromatic heterocycles. The molecular formula is C24H26N4S. The zero-order valence-electron chi connectivity index (χ0n) is 17.1. The zero-order valence-corrected chi connectivity index (χ0v) is 17.9. The van der Waals surface area contributed by atoms with Gasteiger partial charge in [-0.25, -0.2) is 15.0 Å². The maximum Gasteiger partial charge on any atom is 0.149 e. The molecule has 0 fully saturated rings. The fraction of sp³-hybridized carbons (Fsp3) is 0.375. The Kier molecular flexibility index (Phi) is 4.92. The van der Waals surface area contributed by atoms with Gasteiger partial charge in [-0.15, -0.1) is 11.3 Å². The highest BCUT2D eigenvalue weighted by Gasteiger charge is 2.24. The molecule has 5 rings (SSSR count). The molecule has 4 nitrogen and oxygen atoms in total. The maximum absolute atomic E-state index is 5.19. The van der Waals surface area contributed by atoms with Crippen molar-refractivity contribution in [1.82, 2.24) is 15.0 Å². The van der Waals surface area contributed by atoms with Crippen molar-refractivity contribution >= 4 is 37.6 Å². The number of anilines is 1. The Balaban J connectivity index is 1.77. The van der Waals surface area contributed by atoms with Crippen LogP contribution in [0, 0.1) is 0 Å². The summed E-state index contributed by atoms with van der Waals surface area (Å²) >= 11 is 1.75. The summed E-state index contributed by atoms with van der Waals surface area (Å²) in [5.74, 6) is 1.04. The predicted molar refractivity (Wildman–Crippen MR) is 123 cm³/mol. The highest BCUT2D eigenvalue weighted by molar-refractivity contribution is 7.26. The lowest BCUT2D eigenvalue weighted by molar-refractivity contribution is 0.689. The van der Waals surface area contributed by atoms with Crippen LogP contribution in [-0.4, -0.2) is 28.5 Å². The standard InChI is InChI=1S/C24H26N4S/c1-3-4-14-28(2)23-22-21(25-15-26-23)19-17-12-8-9-13-18(17)20(27-24(19)29-22)16-10-6-5-7-11-16/h5-7,10-11,15H,3-4,8-9,12-14H2,1-2H3. The normalized spacial score (nSPS) is 13.7. The van der Waals surface area contributed by atoms with Crippen molar-refractivity contribution in [2.45, 2.75) is 45.4 Å². The van der Waals surface area contributed by atoms with Crippen LogP contribution in [0.5, 0.6) is 0 Å². The van der Waals surface area contributed by atoms with E-state index < -0.39 is 0 Å². The van der Waals surface area contributed by atoms with Gasteiger partial charge in [0.05, 0.1) is 15.9 Å². The summed E-state index contributed by atoms with van der Waals surface area (Å²) < 4.78 is 1.17. The van der Waals surface area contributed by atoms with Gasteiger partial charge in [-0.05, 0) is 43.2 Å². The minimum absolute atomic E-state index is 1.01. The van der Waals surface area contributed by atoms with Crippen LogP contribution in [0.1, 0.15) is 43.7 Å². The Morgan fingerprint density at radius 1 is 1.03 bits per heavy atom. The number of nitrogens with zero attached hydrogens (tertiary/aromatic N) is 4. The van der Waals surface area contributed by atoms with Gasteiger partial charge in [-0.3, -0.25) is 0 Å². The van der Waals surface area contributed by atoms with E-state index in [1.54, 1.807) is 17.7 Å². The lowest BCUT2D eigenvalue weighted by Gasteiger charge is -2.20. The SMILES string of the molecule is CCCCN(C)c1ncnc2c1sc1nc(-c3ccccc3)c3c(c12)CCCC3. The van der Waals surface area contributed by atoms with Gasteiger partial charge in [0.25, 0.3) is 0 Å². The Hall–Kier alpha value is -2.53. The molecule has 148 valence electrons. The average Bonchev–Trinajstić information content (AvgIpc) is 3.16. The Bertz CT molecular complexity index is 1170. The second-order valence-corrected chi connectivity index (χ2v) is 8.92. The van der Waals surface area contributed by atoms with E-state index in [9.17, 15) is 0 Å². The van der Waals surface area contributed by atoms with Gasteiger partial charge in [0.1, 0.15) is 17.0 Å². The highest BCUT2D eigenvalue weighted by atomic mass is 32.1. The molecule has 0 atom stereocenters. The molecule has 0 N–H and O–H groups in total. The monoisotopic (exact) mass is 402 g/mol. The van der Waals surface area contributed by atoms with Crippen LogP contribution in [0.4, 0.5) is 5.82 Å². The summed E-state index contributed by atoms with van der Waals surface area (Å²) in [6.45, 7) is 3.24. The fourth-order valence-corrected chi connectivity index (χ4v) is 5.66. The van der Waals surface area contributed by atoms with Gasteiger partial charge in [0, 0.05) is 24.5 Å². The van der Waals surface area contributed by atoms with E-state index in [-0.39, 0.29) is 0 Å². The molecule has 1 aliphatic rings. The van der Waals surface area contributed by atoms with E-state index in [0.29, 0.717) is 0 Å². The van der Waals surface area contributed by atoms with Gasteiger partial charge in [0.2, 0.25) is 0 Å². The lowest BCUT2D eigenvalue weighted by Crippen LogP contribution is -2.19. The summed E-state index contributed by atoms with van der Waals surface area (Å²) in [5.41, 5.74) is 6.36. The summed E-state index contributed by atoms with van der Waals surface area (Å²) in [6.07, 6.45) is 8.78. The van der Waals surface area contributed by atoms with Gasteiger partial charge in [-0.2, -0.15) is 0 Å². The minimum Gasteiger partial charge on any atom is -0.358 e. The van der Waals surface area contributed by atoms with E-state index >= 15 is 0 Å². The van der Waals surface area contributed by atoms with Gasteiger partial charge in [-0.1, -0.05) is 43.7 Å². The van der Waals surface area contributed by atoms with Crippen molar-refractivity contribution in [2.75, 3.05) is 18.5 Å². The van der Waals surface area contributed by atoms with Crippen molar-refractivity contribution < 1.29 is 0 Å². The number of aromatic nitrogens is 3. The molecule has 0 saturated carbocycles. The lowest BCUT2D eigenvalue weighted by atomic mass is 9.87. The third-order valence-corrected chi connectivity index (χ3v) is 7.03. The van der Waals surface area contributed by atoms with Crippen molar-refractivity contribution in [1.29, 1.82) is 0 Å². The van der Waals surface area contributed by atoms with Crippen molar-refractivity contribution in [2.24, 2.45) is 0 Å². The first-order valence-corrected chi connectivity index (χ1v) is 11.4. The van der Waals surface area contributed by atoms with Gasteiger partial charge < -0.3 is 4.90 Å². The first-order chi connectivity index (χ1) is 14.3. The molecule has 5 heteroatoms. The molecule has 29 heavy (non-hydrogen) atoms. The predicted octanol–water partition coefficient (Wildman–Crippen LogP) is 6.02. The molecule has 0 spiro atoms. The Labute approximate surface area is 175 Å². The summed E-state index contributed by atoms with van der Waals surface area (Å²) in [6, 6.07) is 10.6. The first-order valence-electron chi connectivity index (χ1n) is 10.6. The van der Waals surface area contributed by atoms with Crippen LogP contribution < -0.4 is 4.90 Å². The van der Waals surface area contributed by atoms with E-state index in [4.69, 9.17) is 9.97 Å². The average molecular weight is 403 g/mol. The first kappa shape index (κ1) is 18.5. The molecule has 0 aliphatic heterocycles. The number of hydrogen-bond donors (Lipinski definition) is 0. The molecule has 1 aromatic carbocycles. The Morgan fingerprint density at radius 3 is 2.62 bits per heavy atom. The molecular weight excluding hydrogens is 376 g/mol. The molecule has 0 amide bonds. The summed E-state index contributed by atoms with van der Waals surface area (Å²) in [4.78, 5) is 17.9. The topological polar surface area (TPSA) is 41.9 Å². The minimum atomic E-state index is 1.01. The maximum atomic E-state index is 5.19. The number of pyridine rings is 1. The quantitative estimate of drug-likeness (QED) is 0.409. The second-order valence-electron chi connectivity index (χ2n) is 7.92. The van der Waals surface area contributed by atoms with Crippen LogP contribution in [0.25, 0.3) is 31.7 Å².